The number of hydrogen-bond acceptors (Lipinski definition) is 5. The summed E-state index contributed by atoms with van der Waals surface area (Å²) in [6, 6.07) is 4.29. The summed E-state index contributed by atoms with van der Waals surface area (Å²) in [6.07, 6.45) is 5.87. The molecular formula is C30H39F2N3O3. The zero-order valence-corrected chi connectivity index (χ0v) is 23.5. The molecule has 2 aromatic rings. The molecule has 1 aliphatic rings. The molecule has 206 valence electrons. The Hall–Kier alpha value is -3.13. The van der Waals surface area contributed by atoms with Crippen LogP contribution in [-0.2, 0) is 30.1 Å². The third-order valence-corrected chi connectivity index (χ3v) is 7.41. The lowest BCUT2D eigenvalue weighted by molar-refractivity contribution is -0.115. The van der Waals surface area contributed by atoms with Gasteiger partial charge in [0.15, 0.2) is 6.29 Å². The molecule has 1 saturated carbocycles. The van der Waals surface area contributed by atoms with E-state index >= 15 is 8.78 Å². The van der Waals surface area contributed by atoms with Crippen molar-refractivity contribution in [2.24, 2.45) is 0 Å². The van der Waals surface area contributed by atoms with E-state index in [1.807, 2.05) is 33.0 Å². The Morgan fingerprint density at radius 1 is 1.24 bits per heavy atom. The maximum absolute atomic E-state index is 15.1. The Kier molecular flexibility index (Phi) is 9.41. The largest absolute Gasteiger partial charge is 0.496 e. The Morgan fingerprint density at radius 3 is 2.42 bits per heavy atom. The smallest absolute Gasteiger partial charge is 0.287 e. The van der Waals surface area contributed by atoms with Gasteiger partial charge in [-0.05, 0) is 88.2 Å². The second kappa shape index (κ2) is 12.2. The average Bonchev–Trinajstić information content (AvgIpc) is 3.72. The minimum atomic E-state index is -3.32. The summed E-state index contributed by atoms with van der Waals surface area (Å²) >= 11 is 0. The second-order valence-corrected chi connectivity index (χ2v) is 10.2. The molecule has 0 saturated heterocycles. The molecule has 0 radical (unpaired) electrons. The number of halogens is 2. The molecule has 0 unspecified atom stereocenters. The first kappa shape index (κ1) is 29.4. The van der Waals surface area contributed by atoms with Crippen LogP contribution in [-0.4, -0.2) is 49.3 Å². The van der Waals surface area contributed by atoms with E-state index in [2.05, 4.69) is 15.2 Å². The van der Waals surface area contributed by atoms with Crippen LogP contribution in [0.3, 0.4) is 0 Å². The van der Waals surface area contributed by atoms with Crippen molar-refractivity contribution in [3.63, 3.8) is 0 Å². The van der Waals surface area contributed by atoms with Gasteiger partial charge in [-0.1, -0.05) is 12.1 Å². The predicted molar refractivity (Wildman–Crippen MR) is 146 cm³/mol. The summed E-state index contributed by atoms with van der Waals surface area (Å²) in [5.74, 6) is -3.03. The van der Waals surface area contributed by atoms with Crippen molar-refractivity contribution in [1.29, 1.82) is 0 Å². The molecule has 1 aromatic heterocycles. The molecule has 38 heavy (non-hydrogen) atoms. The second-order valence-electron chi connectivity index (χ2n) is 10.2. The standard InChI is InChI=1S/C30H39F2N3O3/c1-8-21(29(37)33-5)27-23(11-9-10-22-18(2)12-15-26(38-7)19(22)3)24(17-36)25(16-35(6)20-13-14-20)34-28(27)30(4,31)32/h8,12,15,17,20H,9-11,13-14,16H2,1-7H3,(H,33,37). The number of nitrogens with one attached hydrogen (secondary N) is 1. The normalized spacial score (nSPS) is 14.1. The number of aldehydes is 1. The van der Waals surface area contributed by atoms with E-state index in [-0.39, 0.29) is 17.7 Å². The van der Waals surface area contributed by atoms with Crippen LogP contribution in [0.1, 0.15) is 82.7 Å². The van der Waals surface area contributed by atoms with Crippen molar-refractivity contribution >= 4 is 17.8 Å². The number of pyridine rings is 1. The molecule has 3 rings (SSSR count). The van der Waals surface area contributed by atoms with E-state index in [0.29, 0.717) is 48.4 Å². The summed E-state index contributed by atoms with van der Waals surface area (Å²) in [7, 11) is 5.00. The summed E-state index contributed by atoms with van der Waals surface area (Å²) in [5, 5.41) is 2.55. The summed E-state index contributed by atoms with van der Waals surface area (Å²) in [6.45, 7) is 6.73. The van der Waals surface area contributed by atoms with Crippen molar-refractivity contribution in [3.05, 3.63) is 63.0 Å². The summed E-state index contributed by atoms with van der Waals surface area (Å²) in [4.78, 5) is 31.8. The number of rotatable bonds is 12. The minimum absolute atomic E-state index is 0.0540. The van der Waals surface area contributed by atoms with Gasteiger partial charge in [0.2, 0.25) is 0 Å². The van der Waals surface area contributed by atoms with Crippen LogP contribution < -0.4 is 10.1 Å². The summed E-state index contributed by atoms with van der Waals surface area (Å²) in [5.41, 5.74) is 4.01. The number of allylic oxidation sites excluding steroid dienone is 1. The number of amides is 1. The Bertz CT molecular complexity index is 1230. The number of carbonyl (C=O) groups is 2. The Labute approximate surface area is 224 Å². The number of methoxy groups -OCH3 is 1. The van der Waals surface area contributed by atoms with E-state index < -0.39 is 17.5 Å². The fourth-order valence-electron chi connectivity index (χ4n) is 5.15. The van der Waals surface area contributed by atoms with Gasteiger partial charge in [0.25, 0.3) is 11.8 Å². The molecule has 1 fully saturated rings. The first-order chi connectivity index (χ1) is 18.0. The predicted octanol–water partition coefficient (Wildman–Crippen LogP) is 5.55. The highest BCUT2D eigenvalue weighted by atomic mass is 19.3. The quantitative estimate of drug-likeness (QED) is 0.290. The number of aryl methyl sites for hydroxylation is 1. The number of carbonyl (C=O) groups excluding carboxylic acids is 2. The molecule has 1 aromatic carbocycles. The van der Waals surface area contributed by atoms with Gasteiger partial charge >= 0.3 is 0 Å². The lowest BCUT2D eigenvalue weighted by atomic mass is 9.87. The van der Waals surface area contributed by atoms with Gasteiger partial charge in [0.1, 0.15) is 11.4 Å². The topological polar surface area (TPSA) is 71.5 Å². The number of hydrogen-bond donors (Lipinski definition) is 1. The third-order valence-electron chi connectivity index (χ3n) is 7.41. The van der Waals surface area contributed by atoms with Crippen LogP contribution in [0.15, 0.2) is 18.2 Å². The SMILES string of the molecule is CC=C(C(=O)NC)c1c(C(C)(F)F)nc(CN(C)C2CC2)c(C=O)c1CCCc1c(C)ccc(OC)c1C. The van der Waals surface area contributed by atoms with Gasteiger partial charge < -0.3 is 10.1 Å². The highest BCUT2D eigenvalue weighted by molar-refractivity contribution is 6.20. The summed E-state index contributed by atoms with van der Waals surface area (Å²) < 4.78 is 35.7. The van der Waals surface area contributed by atoms with Crippen molar-refractivity contribution in [2.45, 2.75) is 78.3 Å². The number of aromatic nitrogens is 1. The van der Waals surface area contributed by atoms with Crippen LogP contribution in [0.2, 0.25) is 0 Å². The maximum atomic E-state index is 15.1. The molecule has 1 amide bonds. The van der Waals surface area contributed by atoms with E-state index in [0.717, 1.165) is 42.2 Å². The maximum Gasteiger partial charge on any atom is 0.287 e. The van der Waals surface area contributed by atoms with Crippen molar-refractivity contribution in [1.82, 2.24) is 15.2 Å². The molecule has 0 spiro atoms. The van der Waals surface area contributed by atoms with Crippen LogP contribution in [0.25, 0.3) is 5.57 Å². The van der Waals surface area contributed by atoms with Gasteiger partial charge in [-0.25, -0.2) is 4.98 Å². The van der Waals surface area contributed by atoms with Crippen molar-refractivity contribution in [2.75, 3.05) is 21.2 Å². The fourth-order valence-corrected chi connectivity index (χ4v) is 5.15. The lowest BCUT2D eigenvalue weighted by Crippen LogP contribution is -2.27. The van der Waals surface area contributed by atoms with E-state index in [9.17, 15) is 9.59 Å². The molecule has 1 aliphatic carbocycles. The highest BCUT2D eigenvalue weighted by Crippen LogP contribution is 2.38. The number of benzene rings is 1. The zero-order chi connectivity index (χ0) is 28.2. The third kappa shape index (κ3) is 6.29. The number of ether oxygens (including phenoxy) is 1. The number of likely N-dealkylation sites (N-methyl/N-ethyl adjacent to an activating group) is 1. The van der Waals surface area contributed by atoms with Crippen molar-refractivity contribution in [3.8, 4) is 5.75 Å². The zero-order valence-electron chi connectivity index (χ0n) is 23.5. The molecule has 0 bridgehead atoms. The average molecular weight is 528 g/mol. The molecule has 1 heterocycles. The van der Waals surface area contributed by atoms with Crippen LogP contribution in [0, 0.1) is 13.8 Å². The number of alkyl halides is 2. The Morgan fingerprint density at radius 2 is 1.89 bits per heavy atom. The first-order valence-corrected chi connectivity index (χ1v) is 13.1. The lowest BCUT2D eigenvalue weighted by Gasteiger charge is -2.25. The Balaban J connectivity index is 2.17. The van der Waals surface area contributed by atoms with Crippen molar-refractivity contribution < 1.29 is 23.1 Å². The molecule has 6 nitrogen and oxygen atoms in total. The van der Waals surface area contributed by atoms with Gasteiger partial charge in [-0.2, -0.15) is 8.78 Å². The molecule has 1 N–H and O–H groups in total. The van der Waals surface area contributed by atoms with E-state index in [1.165, 1.54) is 13.1 Å². The van der Waals surface area contributed by atoms with Gasteiger partial charge in [0, 0.05) is 43.3 Å². The van der Waals surface area contributed by atoms with E-state index in [4.69, 9.17) is 4.74 Å². The molecular weight excluding hydrogens is 488 g/mol. The van der Waals surface area contributed by atoms with Crippen LogP contribution >= 0.6 is 0 Å². The minimum Gasteiger partial charge on any atom is -0.496 e. The first-order valence-electron chi connectivity index (χ1n) is 13.1. The molecule has 0 atom stereocenters. The monoisotopic (exact) mass is 527 g/mol. The van der Waals surface area contributed by atoms with Crippen LogP contribution in [0.5, 0.6) is 5.75 Å². The fraction of sp³-hybridized carbons (Fsp3) is 0.500. The molecule has 8 heteroatoms. The number of nitrogens with zero attached hydrogens (tertiary/aromatic N) is 2. The van der Waals surface area contributed by atoms with Crippen LogP contribution in [0.4, 0.5) is 8.78 Å². The van der Waals surface area contributed by atoms with Gasteiger partial charge in [-0.15, -0.1) is 0 Å². The highest BCUT2D eigenvalue weighted by Gasteiger charge is 2.36. The van der Waals surface area contributed by atoms with Gasteiger partial charge in [0.05, 0.1) is 12.8 Å². The van der Waals surface area contributed by atoms with Gasteiger partial charge in [-0.3, -0.25) is 14.5 Å². The molecule has 0 aliphatic heterocycles. The van der Waals surface area contributed by atoms with E-state index in [1.54, 1.807) is 14.0 Å².